The van der Waals surface area contributed by atoms with Crippen molar-refractivity contribution < 1.29 is 75.9 Å². The molecule has 3 rings (SSSR count). The van der Waals surface area contributed by atoms with Gasteiger partial charge in [0.1, 0.15) is 33.5 Å². The molecule has 3 aromatic rings. The second-order valence-electron chi connectivity index (χ2n) is 7.80. The smallest absolute Gasteiger partial charge is 0.397 e. The molecule has 19 nitrogen and oxygen atoms in total. The maximum atomic E-state index is 12.4. The molecule has 232 valence electrons. The molecular weight excluding hydrogens is 686 g/mol. The quantitative estimate of drug-likeness (QED) is 0.0629. The van der Waals surface area contributed by atoms with Gasteiger partial charge in [0.15, 0.2) is 21.3 Å². The van der Waals surface area contributed by atoms with Gasteiger partial charge in [-0.05, 0) is 36.4 Å². The van der Waals surface area contributed by atoms with Gasteiger partial charge in [0.2, 0.25) is 0 Å². The summed E-state index contributed by atoms with van der Waals surface area (Å²) in [5, 5.41) is 55.7. The normalized spacial score (nSPS) is 12.4. The van der Waals surface area contributed by atoms with Crippen LogP contribution < -0.4 is 0 Å². The average Bonchev–Trinajstić information content (AvgIpc) is 2.87. The molecule has 0 fully saturated rings. The van der Waals surface area contributed by atoms with E-state index < -0.39 is 91.7 Å². The molecule has 3 aromatic carbocycles. The fourth-order valence-corrected chi connectivity index (χ4v) is 5.24. The molecule has 0 radical (unpaired) electrons. The second-order valence-corrected chi connectivity index (χ2v) is 12.4. The fourth-order valence-electron chi connectivity index (χ4n) is 3.00. The topological polar surface area (TPSA) is 305 Å². The Bertz CT molecular complexity index is 1950. The van der Waals surface area contributed by atoms with E-state index in [0.29, 0.717) is 6.07 Å². The van der Waals surface area contributed by atoms with Crippen LogP contribution in [-0.4, -0.2) is 67.0 Å². The van der Waals surface area contributed by atoms with Gasteiger partial charge in [-0.15, -0.1) is 20.5 Å². The zero-order valence-corrected chi connectivity index (χ0v) is 24.3. The van der Waals surface area contributed by atoms with Crippen LogP contribution in [-0.2, 0) is 51.6 Å². The molecule has 0 saturated heterocycles. The van der Waals surface area contributed by atoms with Gasteiger partial charge in [0, 0.05) is 23.1 Å². The predicted molar refractivity (Wildman–Crippen MR) is 139 cm³/mol. The summed E-state index contributed by atoms with van der Waals surface area (Å²) in [6.45, 7) is -1.01. The minimum Gasteiger partial charge on any atom is -0.505 e. The van der Waals surface area contributed by atoms with E-state index in [1.165, 1.54) is 0 Å². The van der Waals surface area contributed by atoms with Crippen LogP contribution >= 0.6 is 0 Å². The van der Waals surface area contributed by atoms with Gasteiger partial charge in [-0.1, -0.05) is 0 Å². The van der Waals surface area contributed by atoms with Gasteiger partial charge in [-0.2, -0.15) is 16.8 Å². The maximum absolute atomic E-state index is 12.4. The van der Waals surface area contributed by atoms with Crippen molar-refractivity contribution in [3.63, 3.8) is 0 Å². The van der Waals surface area contributed by atoms with Crippen molar-refractivity contribution in [2.24, 2.45) is 20.5 Å². The summed E-state index contributed by atoms with van der Waals surface area (Å²) >= 11 is 0. The number of rotatable bonds is 11. The molecule has 0 unspecified atom stereocenters. The van der Waals surface area contributed by atoms with Crippen LogP contribution in [0.15, 0.2) is 78.8 Å². The zero-order chi connectivity index (χ0) is 31.5. The predicted octanol–water partition coefficient (Wildman–Crippen LogP) is 3.38. The molecule has 0 aromatic heterocycles. The number of phenols is 3. The first-order valence-electron chi connectivity index (χ1n) is 10.7. The van der Waals surface area contributed by atoms with Gasteiger partial charge in [0.05, 0.1) is 28.2 Å². The first-order chi connectivity index (χ1) is 19.4. The van der Waals surface area contributed by atoms with E-state index in [1.54, 1.807) is 0 Å². The molecule has 0 atom stereocenters. The number of nitro benzene ring substituents is 1. The van der Waals surface area contributed by atoms with Crippen LogP contribution in [0, 0.1) is 10.1 Å². The number of azo groups is 2. The molecule has 0 aliphatic rings. The van der Waals surface area contributed by atoms with Gasteiger partial charge in [-0.25, -0.2) is 12.6 Å². The molecule has 0 spiro atoms. The van der Waals surface area contributed by atoms with E-state index in [1.807, 2.05) is 0 Å². The number of nitrogens with zero attached hydrogens (tertiary/aromatic N) is 5. The third kappa shape index (κ3) is 9.20. The van der Waals surface area contributed by atoms with E-state index in [9.17, 15) is 55.2 Å². The van der Waals surface area contributed by atoms with Gasteiger partial charge < -0.3 is 15.3 Å². The largest absolute Gasteiger partial charge is 0.505 e. The second kappa shape index (κ2) is 13.5. The van der Waals surface area contributed by atoms with E-state index in [-0.39, 0.29) is 28.4 Å². The zero-order valence-electron chi connectivity index (χ0n) is 20.8. The first-order valence-corrected chi connectivity index (χ1v) is 15.2. The van der Waals surface area contributed by atoms with Crippen molar-refractivity contribution in [2.45, 2.75) is 9.79 Å². The molecule has 23 heteroatoms. The van der Waals surface area contributed by atoms with Crippen LogP contribution in [0.25, 0.3) is 0 Å². The van der Waals surface area contributed by atoms with Gasteiger partial charge in [0.25, 0.3) is 15.8 Å². The number of aromatic hydroxyl groups is 3. The first kappa shape index (κ1) is 35.1. The summed E-state index contributed by atoms with van der Waals surface area (Å²) in [6.07, 6.45) is 0. The number of sulfone groups is 1. The number of phenolic OH excluding ortho intramolecular Hbond substituents is 3. The summed E-state index contributed by atoms with van der Waals surface area (Å²) in [5.41, 5.74) is -2.36. The van der Waals surface area contributed by atoms with E-state index in [2.05, 4.69) is 24.6 Å². The van der Waals surface area contributed by atoms with Crippen molar-refractivity contribution >= 4 is 58.8 Å². The summed E-state index contributed by atoms with van der Waals surface area (Å²) in [4.78, 5) is 8.24. The Balaban J connectivity index is 0.00000645. The van der Waals surface area contributed by atoms with Crippen LogP contribution in [0.5, 0.6) is 17.2 Å². The van der Waals surface area contributed by atoms with E-state index >= 15 is 0 Å². The summed E-state index contributed by atoms with van der Waals surface area (Å²) < 4.78 is 92.0. The van der Waals surface area contributed by atoms with Crippen LogP contribution in [0.4, 0.5) is 28.4 Å². The number of nitro groups is 1. The van der Waals surface area contributed by atoms with Crippen LogP contribution in [0.2, 0.25) is 0 Å². The van der Waals surface area contributed by atoms with E-state index in [4.69, 9.17) is 4.55 Å². The molecule has 0 saturated carbocycles. The van der Waals surface area contributed by atoms with E-state index in [0.717, 1.165) is 42.5 Å². The van der Waals surface area contributed by atoms with Crippen LogP contribution in [0.3, 0.4) is 0 Å². The Morgan fingerprint density at radius 1 is 0.767 bits per heavy atom. The van der Waals surface area contributed by atoms with Crippen LogP contribution in [0.1, 0.15) is 0 Å². The average molecular weight is 703 g/mol. The molecule has 0 bridgehead atoms. The Morgan fingerprint density at radius 3 is 1.93 bits per heavy atom. The molecule has 0 aliphatic carbocycles. The summed E-state index contributed by atoms with van der Waals surface area (Å²) in [7, 11) is -14.5. The standard InChI is InChI=1S/C20H17N5O14S3.Fe/c26-16-6-5-15(23-21-13-3-1-11(25(29)30)9-17(13)27)20(28)19(16)24-22-14-4-2-12(10-18(14)41(33,34)35)40(31,32)8-7-39-42(36,37)38;/h1-6,9-10,26-28H,7-8H2,(H,33,34,35)(H,36,37,38);. The van der Waals surface area contributed by atoms with Crippen molar-refractivity contribution in [3.05, 3.63) is 58.6 Å². The molecule has 43 heavy (non-hydrogen) atoms. The van der Waals surface area contributed by atoms with Crippen molar-refractivity contribution in [2.75, 3.05) is 12.4 Å². The Labute approximate surface area is 252 Å². The Morgan fingerprint density at radius 2 is 1.35 bits per heavy atom. The summed E-state index contributed by atoms with van der Waals surface area (Å²) in [6, 6.07) is 7.04. The summed E-state index contributed by atoms with van der Waals surface area (Å²) in [5.74, 6) is -3.17. The SMILES string of the molecule is O=[N+]([O-])c1ccc(N=Nc2ccc(O)c(N=Nc3ccc(S(=O)(=O)CCOS(=O)(=O)O)cc3S(=O)(=O)O)c2O)c(O)c1.[Fe]. The number of non-ortho nitro benzene ring substituents is 1. The van der Waals surface area contributed by atoms with Crippen molar-refractivity contribution in [3.8, 4) is 17.2 Å². The molecule has 5 N–H and O–H groups in total. The number of hydrogen-bond donors (Lipinski definition) is 5. The molecular formula is C20H17FeN5O14S3. The molecule has 0 amide bonds. The third-order valence-corrected chi connectivity index (χ3v) is 7.98. The Hall–Kier alpha value is -4.09. The molecule has 0 aliphatic heterocycles. The Kier molecular flexibility index (Phi) is 11.0. The number of hydrogen-bond acceptors (Lipinski definition) is 16. The fraction of sp³-hybridized carbons (Fsp3) is 0.100. The minimum atomic E-state index is -5.15. The van der Waals surface area contributed by atoms with Gasteiger partial charge in [-0.3, -0.25) is 19.2 Å². The van der Waals surface area contributed by atoms with Crippen molar-refractivity contribution in [1.82, 2.24) is 0 Å². The van der Waals surface area contributed by atoms with Crippen molar-refractivity contribution in [1.29, 1.82) is 0 Å². The molecule has 0 heterocycles. The maximum Gasteiger partial charge on any atom is 0.397 e. The number of benzene rings is 3. The third-order valence-electron chi connectivity index (χ3n) is 4.95. The monoisotopic (exact) mass is 703 g/mol. The van der Waals surface area contributed by atoms with Gasteiger partial charge >= 0.3 is 10.4 Å². The minimum absolute atomic E-state index is 0.